The number of para-hydroxylation sites is 1. The largest absolute Gasteiger partial charge is 0.508 e. The zero-order valence-electron chi connectivity index (χ0n) is 8.39. The van der Waals surface area contributed by atoms with Gasteiger partial charge in [0.2, 0.25) is 0 Å². The summed E-state index contributed by atoms with van der Waals surface area (Å²) in [4.78, 5) is 7.93. The van der Waals surface area contributed by atoms with Crippen LogP contribution in [0.4, 0.5) is 5.82 Å². The Bertz CT molecular complexity index is 445. The third-order valence-electron chi connectivity index (χ3n) is 2.09. The minimum absolute atomic E-state index is 0.245. The lowest BCUT2D eigenvalue weighted by atomic mass is 10.2. The van der Waals surface area contributed by atoms with E-state index in [0.717, 1.165) is 5.56 Å². The molecule has 0 fully saturated rings. The van der Waals surface area contributed by atoms with E-state index in [1.807, 2.05) is 12.1 Å². The molecule has 0 aliphatic carbocycles. The van der Waals surface area contributed by atoms with E-state index in [1.54, 1.807) is 18.3 Å². The zero-order valence-corrected chi connectivity index (χ0v) is 9.15. The summed E-state index contributed by atoms with van der Waals surface area (Å²) in [5.41, 5.74) is 0.782. The van der Waals surface area contributed by atoms with Crippen LogP contribution in [0.1, 0.15) is 5.56 Å². The van der Waals surface area contributed by atoms with Gasteiger partial charge in [-0.25, -0.2) is 9.97 Å². The first-order chi connectivity index (χ1) is 7.77. The number of benzene rings is 1. The minimum atomic E-state index is 0.245. The Morgan fingerprint density at radius 1 is 1.19 bits per heavy atom. The molecule has 1 heterocycles. The van der Waals surface area contributed by atoms with Crippen molar-refractivity contribution in [2.75, 3.05) is 5.32 Å². The van der Waals surface area contributed by atoms with Crippen LogP contribution in [-0.2, 0) is 6.54 Å². The highest BCUT2D eigenvalue weighted by Gasteiger charge is 2.03. The average molecular weight is 236 g/mol. The van der Waals surface area contributed by atoms with Crippen LogP contribution in [0.2, 0.25) is 5.15 Å². The molecule has 2 rings (SSSR count). The van der Waals surface area contributed by atoms with Crippen molar-refractivity contribution in [3.63, 3.8) is 0 Å². The number of phenols is 1. The Balaban J connectivity index is 2.09. The number of aromatic hydroxyl groups is 1. The fourth-order valence-electron chi connectivity index (χ4n) is 1.28. The van der Waals surface area contributed by atoms with Gasteiger partial charge in [-0.15, -0.1) is 0 Å². The Morgan fingerprint density at radius 2 is 1.94 bits per heavy atom. The van der Waals surface area contributed by atoms with E-state index in [-0.39, 0.29) is 5.75 Å². The molecule has 0 amide bonds. The second-order valence-corrected chi connectivity index (χ2v) is 3.54. The van der Waals surface area contributed by atoms with Gasteiger partial charge in [0.15, 0.2) is 11.0 Å². The quantitative estimate of drug-likeness (QED) is 0.858. The SMILES string of the molecule is Oc1ccccc1CNc1nccnc1Cl. The predicted octanol–water partition coefficient (Wildman–Crippen LogP) is 2.45. The summed E-state index contributed by atoms with van der Waals surface area (Å²) in [6.45, 7) is 0.449. The highest BCUT2D eigenvalue weighted by atomic mass is 35.5. The van der Waals surface area contributed by atoms with Gasteiger partial charge in [0.05, 0.1) is 0 Å². The first kappa shape index (κ1) is 10.7. The van der Waals surface area contributed by atoms with E-state index in [1.165, 1.54) is 6.20 Å². The molecule has 82 valence electrons. The van der Waals surface area contributed by atoms with Crippen LogP contribution in [0, 0.1) is 0 Å². The molecule has 2 N–H and O–H groups in total. The van der Waals surface area contributed by atoms with Crippen LogP contribution in [0.5, 0.6) is 5.75 Å². The smallest absolute Gasteiger partial charge is 0.171 e. The molecule has 1 aromatic carbocycles. The first-order valence-electron chi connectivity index (χ1n) is 4.74. The molecule has 2 aromatic rings. The topological polar surface area (TPSA) is 58.0 Å². The fourth-order valence-corrected chi connectivity index (χ4v) is 1.45. The molecule has 0 spiro atoms. The van der Waals surface area contributed by atoms with Gasteiger partial charge in [-0.1, -0.05) is 29.8 Å². The van der Waals surface area contributed by atoms with Crippen LogP contribution in [0.15, 0.2) is 36.7 Å². The van der Waals surface area contributed by atoms with Gasteiger partial charge in [0.1, 0.15) is 5.75 Å². The van der Waals surface area contributed by atoms with Gasteiger partial charge in [0, 0.05) is 24.5 Å². The molecule has 0 saturated heterocycles. The third-order valence-corrected chi connectivity index (χ3v) is 2.37. The van der Waals surface area contributed by atoms with Crippen molar-refractivity contribution in [1.82, 2.24) is 9.97 Å². The number of phenolic OH excluding ortho intramolecular Hbond substituents is 1. The molecule has 0 unspecified atom stereocenters. The monoisotopic (exact) mass is 235 g/mol. The molecule has 4 nitrogen and oxygen atoms in total. The van der Waals surface area contributed by atoms with Crippen LogP contribution in [-0.4, -0.2) is 15.1 Å². The van der Waals surface area contributed by atoms with Gasteiger partial charge in [-0.3, -0.25) is 0 Å². The number of halogens is 1. The van der Waals surface area contributed by atoms with E-state index in [4.69, 9.17) is 11.6 Å². The fraction of sp³-hybridized carbons (Fsp3) is 0.0909. The number of nitrogens with zero attached hydrogens (tertiary/aromatic N) is 2. The van der Waals surface area contributed by atoms with E-state index >= 15 is 0 Å². The van der Waals surface area contributed by atoms with Crippen molar-refractivity contribution in [1.29, 1.82) is 0 Å². The first-order valence-corrected chi connectivity index (χ1v) is 5.12. The number of hydrogen-bond donors (Lipinski definition) is 2. The Morgan fingerprint density at radius 3 is 2.69 bits per heavy atom. The Labute approximate surface area is 97.9 Å². The van der Waals surface area contributed by atoms with E-state index < -0.39 is 0 Å². The van der Waals surface area contributed by atoms with Gasteiger partial charge in [-0.2, -0.15) is 0 Å². The maximum absolute atomic E-state index is 9.55. The van der Waals surface area contributed by atoms with Gasteiger partial charge < -0.3 is 10.4 Å². The lowest BCUT2D eigenvalue weighted by Crippen LogP contribution is -2.02. The molecule has 0 aliphatic heterocycles. The second-order valence-electron chi connectivity index (χ2n) is 3.18. The molecular weight excluding hydrogens is 226 g/mol. The third kappa shape index (κ3) is 2.41. The van der Waals surface area contributed by atoms with E-state index in [9.17, 15) is 5.11 Å². The minimum Gasteiger partial charge on any atom is -0.508 e. The highest BCUT2D eigenvalue weighted by molar-refractivity contribution is 6.31. The number of aromatic nitrogens is 2. The van der Waals surface area contributed by atoms with Crippen molar-refractivity contribution < 1.29 is 5.11 Å². The summed E-state index contributed by atoms with van der Waals surface area (Å²) in [5.74, 6) is 0.752. The van der Waals surface area contributed by atoms with Crippen LogP contribution in [0.3, 0.4) is 0 Å². The Hall–Kier alpha value is -1.81. The molecule has 5 heteroatoms. The molecular formula is C11H10ClN3O. The lowest BCUT2D eigenvalue weighted by molar-refractivity contribution is 0.469. The van der Waals surface area contributed by atoms with E-state index in [2.05, 4.69) is 15.3 Å². The molecule has 0 bridgehead atoms. The molecule has 0 aliphatic rings. The van der Waals surface area contributed by atoms with Gasteiger partial charge >= 0.3 is 0 Å². The summed E-state index contributed by atoms with van der Waals surface area (Å²) in [6.07, 6.45) is 3.08. The Kier molecular flexibility index (Phi) is 3.22. The summed E-state index contributed by atoms with van der Waals surface area (Å²) in [7, 11) is 0. The number of nitrogens with one attached hydrogen (secondary N) is 1. The van der Waals surface area contributed by atoms with Crippen molar-refractivity contribution >= 4 is 17.4 Å². The summed E-state index contributed by atoms with van der Waals surface area (Å²) in [5, 5.41) is 12.9. The average Bonchev–Trinajstić information content (AvgIpc) is 2.30. The van der Waals surface area contributed by atoms with Gasteiger partial charge in [0.25, 0.3) is 0 Å². The maximum Gasteiger partial charge on any atom is 0.171 e. The maximum atomic E-state index is 9.55. The number of hydrogen-bond acceptors (Lipinski definition) is 4. The molecule has 0 atom stereocenters. The molecule has 1 aromatic heterocycles. The second kappa shape index (κ2) is 4.81. The normalized spacial score (nSPS) is 10.1. The van der Waals surface area contributed by atoms with Crippen LogP contribution in [0.25, 0.3) is 0 Å². The summed E-state index contributed by atoms with van der Waals surface area (Å²) >= 11 is 5.83. The highest BCUT2D eigenvalue weighted by Crippen LogP contribution is 2.19. The van der Waals surface area contributed by atoms with Crippen LogP contribution < -0.4 is 5.32 Å². The molecule has 0 radical (unpaired) electrons. The predicted molar refractivity (Wildman–Crippen MR) is 62.5 cm³/mol. The van der Waals surface area contributed by atoms with Gasteiger partial charge in [-0.05, 0) is 6.07 Å². The van der Waals surface area contributed by atoms with Crippen molar-refractivity contribution in [2.24, 2.45) is 0 Å². The molecule has 0 saturated carbocycles. The summed E-state index contributed by atoms with van der Waals surface area (Å²) in [6, 6.07) is 7.09. The van der Waals surface area contributed by atoms with Crippen molar-refractivity contribution in [2.45, 2.75) is 6.54 Å². The number of anilines is 1. The lowest BCUT2D eigenvalue weighted by Gasteiger charge is -2.07. The standard InChI is InChI=1S/C11H10ClN3O/c12-10-11(14-6-5-13-10)15-7-8-3-1-2-4-9(8)16/h1-6,16H,7H2,(H,14,15). The van der Waals surface area contributed by atoms with Crippen molar-refractivity contribution in [3.8, 4) is 5.75 Å². The van der Waals surface area contributed by atoms with E-state index in [0.29, 0.717) is 17.5 Å². The summed E-state index contributed by atoms with van der Waals surface area (Å²) < 4.78 is 0. The zero-order chi connectivity index (χ0) is 11.4. The van der Waals surface area contributed by atoms with Crippen LogP contribution >= 0.6 is 11.6 Å². The molecule has 16 heavy (non-hydrogen) atoms. The van der Waals surface area contributed by atoms with Crippen molar-refractivity contribution in [3.05, 3.63) is 47.4 Å². The number of rotatable bonds is 3.